The van der Waals surface area contributed by atoms with Gasteiger partial charge in [0.05, 0.1) is 0 Å². The van der Waals surface area contributed by atoms with Gasteiger partial charge in [-0.25, -0.2) is 0 Å². The van der Waals surface area contributed by atoms with Crippen LogP contribution in [0.2, 0.25) is 6.82 Å². The van der Waals surface area contributed by atoms with Crippen molar-refractivity contribution in [2.75, 3.05) is 0 Å². The molecule has 28 heavy (non-hydrogen) atoms. The van der Waals surface area contributed by atoms with Crippen LogP contribution in [-0.4, -0.2) is 13.4 Å². The smallest absolute Gasteiger partial charge is 0.111 e. The third-order valence-electron chi connectivity index (χ3n) is 6.26. The topological polar surface area (TPSA) is 0 Å². The monoisotopic (exact) mass is 372 g/mol. The SMILES string of the molecule is CB1c2ccccc2C=Cc2cc3c(cc21)C=Cc1ccccc1B3C1=CS1. The molecule has 0 aliphatic carbocycles. The first-order valence-corrected chi connectivity index (χ1v) is 10.8. The Hall–Kier alpha value is -2.64. The molecule has 0 amide bonds. The molecule has 0 N–H and O–H groups in total. The van der Waals surface area contributed by atoms with Crippen molar-refractivity contribution < 1.29 is 0 Å². The van der Waals surface area contributed by atoms with Crippen LogP contribution >= 0.6 is 11.8 Å². The number of benzene rings is 3. The van der Waals surface area contributed by atoms with Crippen LogP contribution in [0, 0.1) is 0 Å². The van der Waals surface area contributed by atoms with E-state index in [4.69, 9.17) is 0 Å². The van der Waals surface area contributed by atoms with Gasteiger partial charge in [0.25, 0.3) is 6.71 Å². The lowest BCUT2D eigenvalue weighted by atomic mass is 9.37. The minimum atomic E-state index is 0.353. The Kier molecular flexibility index (Phi) is 3.61. The van der Waals surface area contributed by atoms with Gasteiger partial charge in [-0.15, -0.1) is 11.8 Å². The summed E-state index contributed by atoms with van der Waals surface area (Å²) in [7, 11) is 0. The third-order valence-corrected chi connectivity index (χ3v) is 7.00. The Morgan fingerprint density at radius 2 is 1.14 bits per heavy atom. The Morgan fingerprint density at radius 1 is 0.607 bits per heavy atom. The van der Waals surface area contributed by atoms with Gasteiger partial charge in [0.2, 0.25) is 6.71 Å². The highest BCUT2D eigenvalue weighted by Gasteiger charge is 2.34. The lowest BCUT2D eigenvalue weighted by Gasteiger charge is -2.19. The van der Waals surface area contributed by atoms with Gasteiger partial charge in [0.1, 0.15) is 0 Å². The highest BCUT2D eigenvalue weighted by molar-refractivity contribution is 8.14. The Morgan fingerprint density at radius 3 is 1.86 bits per heavy atom. The van der Waals surface area contributed by atoms with E-state index in [0.29, 0.717) is 13.4 Å². The van der Waals surface area contributed by atoms with Gasteiger partial charge < -0.3 is 0 Å². The average Bonchev–Trinajstić information content (AvgIpc) is 3.57. The molecule has 3 heterocycles. The van der Waals surface area contributed by atoms with Crippen LogP contribution < -0.4 is 21.9 Å². The van der Waals surface area contributed by atoms with E-state index >= 15 is 0 Å². The summed E-state index contributed by atoms with van der Waals surface area (Å²) in [4.78, 5) is 1.48. The molecule has 130 valence electrons. The molecule has 0 atom stereocenters. The number of hydrogen-bond donors (Lipinski definition) is 0. The zero-order chi connectivity index (χ0) is 18.7. The van der Waals surface area contributed by atoms with E-state index in [1.807, 2.05) is 11.8 Å². The van der Waals surface area contributed by atoms with Crippen molar-refractivity contribution in [2.24, 2.45) is 0 Å². The van der Waals surface area contributed by atoms with Gasteiger partial charge in [-0.05, 0) is 32.5 Å². The fourth-order valence-corrected chi connectivity index (χ4v) is 5.33. The number of rotatable bonds is 1. The van der Waals surface area contributed by atoms with E-state index in [0.717, 1.165) is 0 Å². The predicted octanol–water partition coefficient (Wildman–Crippen LogP) is 3.63. The van der Waals surface area contributed by atoms with Gasteiger partial charge in [-0.3, -0.25) is 0 Å². The van der Waals surface area contributed by atoms with E-state index in [9.17, 15) is 0 Å². The highest BCUT2D eigenvalue weighted by Crippen LogP contribution is 2.37. The van der Waals surface area contributed by atoms with Crippen molar-refractivity contribution >= 4 is 71.3 Å². The normalized spacial score (nSPS) is 15.7. The van der Waals surface area contributed by atoms with Crippen LogP contribution in [0.4, 0.5) is 0 Å². The molecular formula is C25H18B2S. The Bertz CT molecular complexity index is 1220. The summed E-state index contributed by atoms with van der Waals surface area (Å²) in [5.74, 6) is 0. The zero-order valence-corrected chi connectivity index (χ0v) is 16.5. The van der Waals surface area contributed by atoms with E-state index in [-0.39, 0.29) is 0 Å². The van der Waals surface area contributed by atoms with Crippen molar-refractivity contribution in [3.05, 3.63) is 93.1 Å². The molecule has 3 aliphatic heterocycles. The summed E-state index contributed by atoms with van der Waals surface area (Å²) in [5, 5.41) is 2.30. The van der Waals surface area contributed by atoms with Crippen LogP contribution in [0.15, 0.2) is 70.9 Å². The third kappa shape index (κ3) is 2.50. The quantitative estimate of drug-likeness (QED) is 0.588. The van der Waals surface area contributed by atoms with Crippen molar-refractivity contribution in [2.45, 2.75) is 6.82 Å². The number of fused-ring (bicyclic) bond motifs is 4. The molecule has 3 aromatic carbocycles. The van der Waals surface area contributed by atoms with Crippen molar-refractivity contribution in [1.29, 1.82) is 0 Å². The number of hydrogen-bond acceptors (Lipinski definition) is 1. The highest BCUT2D eigenvalue weighted by atomic mass is 32.2. The second-order valence-corrected chi connectivity index (χ2v) is 8.77. The largest absolute Gasteiger partial charge is 0.251 e. The second-order valence-electron chi connectivity index (χ2n) is 7.83. The molecule has 0 fully saturated rings. The molecule has 0 spiro atoms. The minimum Gasteiger partial charge on any atom is -0.111 e. The molecule has 0 bridgehead atoms. The van der Waals surface area contributed by atoms with Crippen molar-refractivity contribution in [3.8, 4) is 0 Å². The van der Waals surface area contributed by atoms with Gasteiger partial charge in [0.15, 0.2) is 0 Å². The van der Waals surface area contributed by atoms with Crippen LogP contribution in [0.5, 0.6) is 0 Å². The van der Waals surface area contributed by atoms with Crippen LogP contribution in [0.1, 0.15) is 22.3 Å². The van der Waals surface area contributed by atoms with E-state index in [1.165, 1.54) is 48.9 Å². The molecule has 0 saturated heterocycles. The van der Waals surface area contributed by atoms with Gasteiger partial charge in [0, 0.05) is 0 Å². The van der Waals surface area contributed by atoms with Crippen LogP contribution in [0.3, 0.4) is 0 Å². The summed E-state index contributed by atoms with van der Waals surface area (Å²) >= 11 is 1.89. The summed E-state index contributed by atoms with van der Waals surface area (Å²) in [6.07, 6.45) is 9.20. The first-order valence-electron chi connectivity index (χ1n) is 9.88. The predicted molar refractivity (Wildman–Crippen MR) is 129 cm³/mol. The summed E-state index contributed by atoms with van der Waals surface area (Å²) in [6, 6.07) is 22.5. The van der Waals surface area contributed by atoms with Crippen molar-refractivity contribution in [1.82, 2.24) is 0 Å². The molecule has 0 unspecified atom stereocenters. The lowest BCUT2D eigenvalue weighted by molar-refractivity contribution is 1.70. The van der Waals surface area contributed by atoms with Gasteiger partial charge >= 0.3 is 0 Å². The molecule has 0 radical (unpaired) electrons. The molecule has 3 aromatic rings. The molecule has 0 saturated carbocycles. The molecule has 3 heteroatoms. The van der Waals surface area contributed by atoms with Gasteiger partial charge in [-0.2, -0.15) is 0 Å². The zero-order valence-electron chi connectivity index (χ0n) is 15.7. The molecule has 0 nitrogen and oxygen atoms in total. The van der Waals surface area contributed by atoms with Crippen LogP contribution in [0.25, 0.3) is 24.3 Å². The second kappa shape index (κ2) is 6.18. The maximum Gasteiger partial charge on any atom is 0.251 e. The van der Waals surface area contributed by atoms with Crippen molar-refractivity contribution in [3.63, 3.8) is 0 Å². The average molecular weight is 372 g/mol. The first kappa shape index (κ1) is 16.3. The summed E-state index contributed by atoms with van der Waals surface area (Å²) in [5.41, 5.74) is 11.1. The fourth-order valence-electron chi connectivity index (χ4n) is 4.74. The summed E-state index contributed by atoms with van der Waals surface area (Å²) < 4.78 is 0. The van der Waals surface area contributed by atoms with E-state index in [2.05, 4.69) is 97.2 Å². The fraction of sp³-hybridized carbons (Fsp3) is 0.0400. The summed E-state index contributed by atoms with van der Waals surface area (Å²) in [6.45, 7) is 3.08. The Balaban J connectivity index is 1.59. The lowest BCUT2D eigenvalue weighted by Crippen LogP contribution is -2.47. The maximum atomic E-state index is 2.44. The number of thioether (sulfide) groups is 1. The van der Waals surface area contributed by atoms with E-state index < -0.39 is 0 Å². The Labute approximate surface area is 171 Å². The molecule has 6 rings (SSSR count). The van der Waals surface area contributed by atoms with E-state index in [1.54, 1.807) is 0 Å². The van der Waals surface area contributed by atoms with Crippen LogP contribution in [-0.2, 0) is 0 Å². The molecular weight excluding hydrogens is 354 g/mol. The molecule has 3 aliphatic rings. The maximum absolute atomic E-state index is 2.44. The van der Waals surface area contributed by atoms with Gasteiger partial charge in [-0.1, -0.05) is 114 Å². The molecule has 0 aromatic heterocycles. The standard InChI is InChI=1S/C25H18B2S/c1-26-21-8-4-2-6-17(21)10-12-19-15-24-20(14-23(19)26)13-11-18-7-3-5-9-22(18)27(24)25-16-28-25/h2-16H,1H3. The minimum absolute atomic E-state index is 0.353. The first-order chi connectivity index (χ1) is 13.8.